The summed E-state index contributed by atoms with van der Waals surface area (Å²) in [6, 6.07) is 6.04. The number of nitrogens with one attached hydrogen (secondary N) is 1. The van der Waals surface area contributed by atoms with Crippen molar-refractivity contribution in [2.45, 2.75) is 45.1 Å². The van der Waals surface area contributed by atoms with Crippen LogP contribution in [0.2, 0.25) is 0 Å². The van der Waals surface area contributed by atoms with Gasteiger partial charge in [-0.2, -0.15) is 5.10 Å². The highest BCUT2D eigenvalue weighted by Gasteiger charge is 2.33. The molecular weight excluding hydrogens is 325 g/mol. The van der Waals surface area contributed by atoms with Gasteiger partial charge in [-0.15, -0.1) is 0 Å². The number of fused-ring (bicyclic) bond motifs is 1. The van der Waals surface area contributed by atoms with Crippen molar-refractivity contribution in [2.75, 3.05) is 0 Å². The maximum absolute atomic E-state index is 13.6. The molecule has 2 aromatic rings. The van der Waals surface area contributed by atoms with Crippen molar-refractivity contribution in [3.05, 3.63) is 47.0 Å². The third-order valence-electron chi connectivity index (χ3n) is 4.41. The van der Waals surface area contributed by atoms with E-state index < -0.39 is 17.4 Å². The number of amides is 1. The molecule has 7 heteroatoms. The third kappa shape index (κ3) is 3.26. The Morgan fingerprint density at radius 2 is 2.00 bits per heavy atom. The highest BCUT2D eigenvalue weighted by atomic mass is 19.1. The van der Waals surface area contributed by atoms with Gasteiger partial charge in [0.2, 0.25) is 0 Å². The van der Waals surface area contributed by atoms with Crippen LogP contribution in [0.15, 0.2) is 24.3 Å². The van der Waals surface area contributed by atoms with Crippen molar-refractivity contribution >= 4 is 11.9 Å². The minimum Gasteiger partial charge on any atom is -0.480 e. The summed E-state index contributed by atoms with van der Waals surface area (Å²) in [6.07, 6.45) is 3.34. The number of halogens is 1. The average Bonchev–Trinajstić information content (AvgIpc) is 2.94. The number of benzene rings is 1. The van der Waals surface area contributed by atoms with Gasteiger partial charge in [-0.1, -0.05) is 6.07 Å². The van der Waals surface area contributed by atoms with Crippen LogP contribution in [-0.4, -0.2) is 32.3 Å². The van der Waals surface area contributed by atoms with E-state index in [0.717, 1.165) is 30.5 Å². The summed E-state index contributed by atoms with van der Waals surface area (Å²) in [5.74, 6) is -2.03. The Labute approximate surface area is 144 Å². The monoisotopic (exact) mass is 345 g/mol. The minimum atomic E-state index is -1.40. The van der Waals surface area contributed by atoms with E-state index in [9.17, 15) is 19.1 Å². The quantitative estimate of drug-likeness (QED) is 0.892. The van der Waals surface area contributed by atoms with Crippen LogP contribution < -0.4 is 5.32 Å². The SMILES string of the molecule is CC(C)(NC(=O)c1nn(-c2cccc(F)c2)c2c1CCCC2)C(=O)O. The average molecular weight is 345 g/mol. The molecule has 1 aromatic heterocycles. The summed E-state index contributed by atoms with van der Waals surface area (Å²) in [5.41, 5.74) is 1.06. The topological polar surface area (TPSA) is 84.2 Å². The zero-order chi connectivity index (χ0) is 18.2. The van der Waals surface area contributed by atoms with Crippen molar-refractivity contribution in [1.29, 1.82) is 0 Å². The Balaban J connectivity index is 2.03. The Bertz CT molecular complexity index is 842. The molecule has 25 heavy (non-hydrogen) atoms. The number of carbonyl (C=O) groups is 2. The highest BCUT2D eigenvalue weighted by molar-refractivity contribution is 5.97. The van der Waals surface area contributed by atoms with Crippen LogP contribution in [0.25, 0.3) is 5.69 Å². The molecule has 0 unspecified atom stereocenters. The fourth-order valence-electron chi connectivity index (χ4n) is 3.00. The van der Waals surface area contributed by atoms with E-state index in [1.54, 1.807) is 16.8 Å². The van der Waals surface area contributed by atoms with Gasteiger partial charge in [-0.3, -0.25) is 4.79 Å². The van der Waals surface area contributed by atoms with Gasteiger partial charge in [0.1, 0.15) is 11.4 Å². The van der Waals surface area contributed by atoms with Crippen molar-refractivity contribution in [3.63, 3.8) is 0 Å². The van der Waals surface area contributed by atoms with E-state index >= 15 is 0 Å². The van der Waals surface area contributed by atoms with Gasteiger partial charge in [0, 0.05) is 11.3 Å². The standard InChI is InChI=1S/C18H20FN3O3/c1-18(2,17(24)25)20-16(23)15-13-8-3-4-9-14(13)22(21-15)12-7-5-6-11(19)10-12/h5-7,10H,3-4,8-9H2,1-2H3,(H,20,23)(H,24,25). The zero-order valence-electron chi connectivity index (χ0n) is 14.2. The molecule has 1 aliphatic rings. The Morgan fingerprint density at radius 3 is 2.68 bits per heavy atom. The highest BCUT2D eigenvalue weighted by Crippen LogP contribution is 2.27. The lowest BCUT2D eigenvalue weighted by molar-refractivity contribution is -0.143. The second-order valence-corrected chi connectivity index (χ2v) is 6.76. The number of rotatable bonds is 4. The number of hydrogen-bond donors (Lipinski definition) is 2. The van der Waals surface area contributed by atoms with Crippen LogP contribution in [-0.2, 0) is 17.6 Å². The molecule has 1 aliphatic carbocycles. The van der Waals surface area contributed by atoms with E-state index in [0.29, 0.717) is 12.1 Å². The number of carbonyl (C=O) groups excluding carboxylic acids is 1. The van der Waals surface area contributed by atoms with Gasteiger partial charge in [0.25, 0.3) is 5.91 Å². The second kappa shape index (κ2) is 6.31. The van der Waals surface area contributed by atoms with Crippen LogP contribution in [0.5, 0.6) is 0 Å². The van der Waals surface area contributed by atoms with Crippen molar-refractivity contribution < 1.29 is 19.1 Å². The molecule has 0 spiro atoms. The first-order chi connectivity index (χ1) is 11.8. The summed E-state index contributed by atoms with van der Waals surface area (Å²) in [6.45, 7) is 2.84. The smallest absolute Gasteiger partial charge is 0.328 e. The molecule has 1 amide bonds. The van der Waals surface area contributed by atoms with Gasteiger partial charge in [-0.25, -0.2) is 13.9 Å². The summed E-state index contributed by atoms with van der Waals surface area (Å²) >= 11 is 0. The van der Waals surface area contributed by atoms with Crippen LogP contribution in [0.4, 0.5) is 4.39 Å². The Hall–Kier alpha value is -2.70. The summed E-state index contributed by atoms with van der Waals surface area (Å²) in [4.78, 5) is 23.9. The maximum atomic E-state index is 13.6. The van der Waals surface area contributed by atoms with Gasteiger partial charge < -0.3 is 10.4 Å². The largest absolute Gasteiger partial charge is 0.480 e. The Morgan fingerprint density at radius 1 is 1.28 bits per heavy atom. The maximum Gasteiger partial charge on any atom is 0.328 e. The first kappa shape index (κ1) is 17.1. The van der Waals surface area contributed by atoms with Crippen molar-refractivity contribution in [1.82, 2.24) is 15.1 Å². The predicted molar refractivity (Wildman–Crippen MR) is 89.3 cm³/mol. The van der Waals surface area contributed by atoms with Crippen molar-refractivity contribution in [2.24, 2.45) is 0 Å². The fraction of sp³-hybridized carbons (Fsp3) is 0.389. The van der Waals surface area contributed by atoms with E-state index in [4.69, 9.17) is 0 Å². The van der Waals surface area contributed by atoms with E-state index in [1.807, 2.05) is 0 Å². The third-order valence-corrected chi connectivity index (χ3v) is 4.41. The van der Waals surface area contributed by atoms with Gasteiger partial charge in [0.15, 0.2) is 5.69 Å². The molecular formula is C18H20FN3O3. The molecule has 3 rings (SSSR count). The second-order valence-electron chi connectivity index (χ2n) is 6.76. The number of carboxylic acid groups (broad SMARTS) is 1. The van der Waals surface area contributed by atoms with Gasteiger partial charge in [-0.05, 0) is 57.7 Å². The summed E-state index contributed by atoms with van der Waals surface area (Å²) in [7, 11) is 0. The van der Waals surface area contributed by atoms with E-state index in [2.05, 4.69) is 10.4 Å². The summed E-state index contributed by atoms with van der Waals surface area (Å²) < 4.78 is 15.2. The molecule has 0 fully saturated rings. The molecule has 1 heterocycles. The van der Waals surface area contributed by atoms with Crippen LogP contribution in [0, 0.1) is 5.82 Å². The molecule has 6 nitrogen and oxygen atoms in total. The molecule has 0 radical (unpaired) electrons. The fourth-order valence-corrected chi connectivity index (χ4v) is 3.00. The van der Waals surface area contributed by atoms with Gasteiger partial charge >= 0.3 is 5.97 Å². The lowest BCUT2D eigenvalue weighted by atomic mass is 9.95. The first-order valence-electron chi connectivity index (χ1n) is 8.22. The van der Waals surface area contributed by atoms with E-state index in [-0.39, 0.29) is 11.5 Å². The molecule has 0 atom stereocenters. The zero-order valence-corrected chi connectivity index (χ0v) is 14.2. The summed E-state index contributed by atoms with van der Waals surface area (Å²) in [5, 5.41) is 16.1. The van der Waals surface area contributed by atoms with Gasteiger partial charge in [0.05, 0.1) is 5.69 Å². The molecule has 2 N–H and O–H groups in total. The number of aliphatic carboxylic acids is 1. The number of nitrogens with zero attached hydrogens (tertiary/aromatic N) is 2. The lowest BCUT2D eigenvalue weighted by Gasteiger charge is -2.20. The van der Waals surface area contributed by atoms with Crippen LogP contribution in [0.3, 0.4) is 0 Å². The molecule has 0 aliphatic heterocycles. The molecule has 0 saturated heterocycles. The van der Waals surface area contributed by atoms with Crippen LogP contribution in [0.1, 0.15) is 48.4 Å². The predicted octanol–water partition coefficient (Wildman–Crippen LogP) is 2.48. The normalized spacial score (nSPS) is 14.0. The number of carboxylic acids is 1. The van der Waals surface area contributed by atoms with E-state index in [1.165, 1.54) is 26.0 Å². The molecule has 0 saturated carbocycles. The minimum absolute atomic E-state index is 0.216. The number of hydrogen-bond acceptors (Lipinski definition) is 3. The molecule has 132 valence electrons. The number of aromatic nitrogens is 2. The molecule has 0 bridgehead atoms. The molecule has 1 aromatic carbocycles. The Kier molecular flexibility index (Phi) is 4.32. The van der Waals surface area contributed by atoms with Crippen LogP contribution >= 0.6 is 0 Å². The first-order valence-corrected chi connectivity index (χ1v) is 8.22. The lowest BCUT2D eigenvalue weighted by Crippen LogP contribution is -2.50. The van der Waals surface area contributed by atoms with Crippen molar-refractivity contribution in [3.8, 4) is 5.69 Å².